The second-order valence-corrected chi connectivity index (χ2v) is 10.4. The maximum absolute atomic E-state index is 12.6. The molecule has 1 aliphatic heterocycles. The van der Waals surface area contributed by atoms with Gasteiger partial charge in [0, 0.05) is 22.9 Å². The van der Waals surface area contributed by atoms with Crippen LogP contribution in [-0.4, -0.2) is 68.2 Å². The monoisotopic (exact) mass is 491 g/mol. The largest absolute Gasteiger partial charge is 0.387 e. The number of carbonyl (C=O) groups excluding carboxylic acids is 1. The predicted octanol–water partition coefficient (Wildman–Crippen LogP) is 2.30. The lowest BCUT2D eigenvalue weighted by Gasteiger charge is -2.41. The van der Waals surface area contributed by atoms with Crippen molar-refractivity contribution >= 4 is 23.5 Å². The predicted molar refractivity (Wildman–Crippen MR) is 131 cm³/mol. The Bertz CT molecular complexity index is 1040. The second-order valence-electron chi connectivity index (χ2n) is 9.51. The number of hydrogen-bond donors (Lipinski definition) is 3. The lowest BCUT2D eigenvalue weighted by Crippen LogP contribution is -2.46. The number of nitrogens with zero attached hydrogens (tertiary/aromatic N) is 2. The van der Waals surface area contributed by atoms with Gasteiger partial charge in [0.1, 0.15) is 24.1 Å². The molecule has 1 aromatic carbocycles. The minimum absolute atomic E-state index is 0.0485. The standard InChI is InChI=1S/C24H33N3O6S/c1-23(2,14-34-5)24(3,4)32-13-16-18(28)19(29)21(33-16)27-12-11-17(26-22(27)31)25-20(30)15-9-7-6-8-10-15/h6-12,16,18-19,21,28-29H,13-14H2,1-5H3,(H,25,26,30,31)/t16-,18?,19?,21-/m1/s1. The molecule has 0 bridgehead atoms. The number of nitrogens with one attached hydrogen (secondary N) is 1. The van der Waals surface area contributed by atoms with E-state index in [0.29, 0.717) is 5.56 Å². The van der Waals surface area contributed by atoms with Crippen LogP contribution in [0.15, 0.2) is 47.4 Å². The van der Waals surface area contributed by atoms with Gasteiger partial charge in [-0.1, -0.05) is 32.0 Å². The third-order valence-corrected chi connectivity index (χ3v) is 7.47. The third-order valence-electron chi connectivity index (χ3n) is 6.46. The highest BCUT2D eigenvalue weighted by Crippen LogP contribution is 2.37. The molecule has 1 aliphatic rings. The molecule has 10 heteroatoms. The Kier molecular flexibility index (Phi) is 8.20. The molecule has 1 fully saturated rings. The van der Waals surface area contributed by atoms with Crippen LogP contribution in [0.5, 0.6) is 0 Å². The number of aromatic nitrogens is 2. The van der Waals surface area contributed by atoms with Crippen molar-refractivity contribution in [1.29, 1.82) is 0 Å². The van der Waals surface area contributed by atoms with E-state index in [-0.39, 0.29) is 17.8 Å². The molecular formula is C24H33N3O6S. The average Bonchev–Trinajstić information content (AvgIpc) is 3.07. The number of hydrogen-bond acceptors (Lipinski definition) is 8. The zero-order valence-corrected chi connectivity index (χ0v) is 20.9. The normalized spacial score (nSPS) is 23.1. The van der Waals surface area contributed by atoms with E-state index in [1.807, 2.05) is 20.1 Å². The van der Waals surface area contributed by atoms with Gasteiger partial charge in [0.15, 0.2) is 6.23 Å². The number of thioether (sulfide) groups is 1. The van der Waals surface area contributed by atoms with Gasteiger partial charge in [-0.15, -0.1) is 0 Å². The summed E-state index contributed by atoms with van der Waals surface area (Å²) < 4.78 is 13.0. The molecule has 0 aliphatic carbocycles. The molecule has 2 aromatic rings. The lowest BCUT2D eigenvalue weighted by atomic mass is 9.79. The maximum Gasteiger partial charge on any atom is 0.351 e. The van der Waals surface area contributed by atoms with Crippen LogP contribution >= 0.6 is 11.8 Å². The molecule has 4 atom stereocenters. The summed E-state index contributed by atoms with van der Waals surface area (Å²) in [5.74, 6) is 0.552. The molecular weight excluding hydrogens is 458 g/mol. The van der Waals surface area contributed by atoms with Crippen molar-refractivity contribution in [3.63, 3.8) is 0 Å². The van der Waals surface area contributed by atoms with E-state index >= 15 is 0 Å². The second kappa shape index (κ2) is 10.6. The maximum atomic E-state index is 12.6. The molecule has 1 amide bonds. The molecule has 1 saturated heterocycles. The Morgan fingerprint density at radius 1 is 1.18 bits per heavy atom. The fourth-order valence-corrected chi connectivity index (χ4v) is 4.64. The highest BCUT2D eigenvalue weighted by Gasteiger charge is 2.46. The highest BCUT2D eigenvalue weighted by atomic mass is 32.2. The molecule has 0 saturated carbocycles. The van der Waals surface area contributed by atoms with Crippen LogP contribution in [0, 0.1) is 5.41 Å². The number of benzene rings is 1. The van der Waals surface area contributed by atoms with Crippen LogP contribution < -0.4 is 11.0 Å². The minimum atomic E-state index is -1.35. The number of carbonyl (C=O) groups is 1. The summed E-state index contributed by atoms with van der Waals surface area (Å²) in [4.78, 5) is 28.8. The van der Waals surface area contributed by atoms with Crippen LogP contribution in [0.3, 0.4) is 0 Å². The fraction of sp³-hybridized carbons (Fsp3) is 0.542. The average molecular weight is 492 g/mol. The van der Waals surface area contributed by atoms with Gasteiger partial charge in [0.25, 0.3) is 5.91 Å². The van der Waals surface area contributed by atoms with Gasteiger partial charge in [-0.25, -0.2) is 4.79 Å². The summed E-state index contributed by atoms with van der Waals surface area (Å²) in [7, 11) is 0. The van der Waals surface area contributed by atoms with E-state index < -0.39 is 41.7 Å². The fourth-order valence-electron chi connectivity index (χ4n) is 3.57. The number of rotatable bonds is 9. The van der Waals surface area contributed by atoms with Gasteiger partial charge in [-0.05, 0) is 38.3 Å². The van der Waals surface area contributed by atoms with Crippen molar-refractivity contribution < 1.29 is 24.5 Å². The topological polar surface area (TPSA) is 123 Å². The molecule has 2 heterocycles. The number of anilines is 1. The Labute approximate surface area is 203 Å². The number of amides is 1. The van der Waals surface area contributed by atoms with Crippen LogP contribution in [0.2, 0.25) is 0 Å². The van der Waals surface area contributed by atoms with Crippen molar-refractivity contribution in [2.24, 2.45) is 5.41 Å². The smallest absolute Gasteiger partial charge is 0.351 e. The first-order chi connectivity index (χ1) is 16.0. The van der Waals surface area contributed by atoms with Crippen molar-refractivity contribution in [1.82, 2.24) is 9.55 Å². The first-order valence-electron chi connectivity index (χ1n) is 11.1. The lowest BCUT2D eigenvalue weighted by molar-refractivity contribution is -0.138. The zero-order chi connectivity index (χ0) is 25.1. The highest BCUT2D eigenvalue weighted by molar-refractivity contribution is 7.98. The van der Waals surface area contributed by atoms with Crippen molar-refractivity contribution in [2.75, 3.05) is 23.9 Å². The van der Waals surface area contributed by atoms with Gasteiger partial charge in [0.05, 0.1) is 12.2 Å². The summed E-state index contributed by atoms with van der Waals surface area (Å²) in [5, 5.41) is 23.7. The number of aliphatic hydroxyl groups excluding tert-OH is 2. The SMILES string of the molecule is CSCC(C)(C)C(C)(C)OC[C@H]1O[C@@H](n2ccc(NC(=O)c3ccccc3)nc2=O)C(O)C1O. The van der Waals surface area contributed by atoms with E-state index in [0.717, 1.165) is 10.3 Å². The van der Waals surface area contributed by atoms with E-state index in [9.17, 15) is 19.8 Å². The first kappa shape index (κ1) is 26.4. The number of ether oxygens (including phenoxy) is 2. The molecule has 3 N–H and O–H groups in total. The molecule has 34 heavy (non-hydrogen) atoms. The molecule has 3 rings (SSSR count). The summed E-state index contributed by atoms with van der Waals surface area (Å²) >= 11 is 1.73. The van der Waals surface area contributed by atoms with Crippen molar-refractivity contribution in [2.45, 2.75) is 57.8 Å². The quantitative estimate of drug-likeness (QED) is 0.488. The molecule has 0 radical (unpaired) electrons. The van der Waals surface area contributed by atoms with E-state index in [2.05, 4.69) is 24.1 Å². The summed E-state index contributed by atoms with van der Waals surface area (Å²) in [5.41, 5.74) is -0.962. The van der Waals surface area contributed by atoms with E-state index in [1.54, 1.807) is 42.1 Å². The summed E-state index contributed by atoms with van der Waals surface area (Å²) in [6.45, 7) is 8.23. The number of aliphatic hydroxyl groups is 2. The molecule has 2 unspecified atom stereocenters. The van der Waals surface area contributed by atoms with Gasteiger partial charge in [0.2, 0.25) is 0 Å². The summed E-state index contributed by atoms with van der Waals surface area (Å²) in [6, 6.07) is 9.98. The van der Waals surface area contributed by atoms with Crippen LogP contribution in [0.25, 0.3) is 0 Å². The Morgan fingerprint density at radius 2 is 1.85 bits per heavy atom. The van der Waals surface area contributed by atoms with E-state index in [4.69, 9.17) is 9.47 Å². The Morgan fingerprint density at radius 3 is 2.47 bits per heavy atom. The van der Waals surface area contributed by atoms with Crippen LogP contribution in [-0.2, 0) is 9.47 Å². The summed E-state index contributed by atoms with van der Waals surface area (Å²) in [6.07, 6.45) is -1.15. The van der Waals surface area contributed by atoms with Crippen LogP contribution in [0.1, 0.15) is 44.3 Å². The molecule has 1 aromatic heterocycles. The van der Waals surface area contributed by atoms with Crippen molar-refractivity contribution in [3.05, 3.63) is 58.6 Å². The van der Waals surface area contributed by atoms with Crippen molar-refractivity contribution in [3.8, 4) is 0 Å². The minimum Gasteiger partial charge on any atom is -0.387 e. The Balaban J connectivity index is 1.68. The molecule has 0 spiro atoms. The van der Waals surface area contributed by atoms with Gasteiger partial charge in [-0.3, -0.25) is 9.36 Å². The third kappa shape index (κ3) is 5.69. The Hall–Kier alpha value is -2.24. The zero-order valence-electron chi connectivity index (χ0n) is 20.1. The first-order valence-corrected chi connectivity index (χ1v) is 12.5. The van der Waals surface area contributed by atoms with Gasteiger partial charge >= 0.3 is 5.69 Å². The molecule has 9 nitrogen and oxygen atoms in total. The van der Waals surface area contributed by atoms with Gasteiger partial charge in [-0.2, -0.15) is 16.7 Å². The van der Waals surface area contributed by atoms with Gasteiger partial charge < -0.3 is 25.0 Å². The molecule has 186 valence electrons. The van der Waals surface area contributed by atoms with Crippen LogP contribution in [0.4, 0.5) is 5.82 Å². The van der Waals surface area contributed by atoms with E-state index in [1.165, 1.54) is 12.3 Å².